The van der Waals surface area contributed by atoms with Gasteiger partial charge in [-0.25, -0.2) is 13.2 Å². The van der Waals surface area contributed by atoms with Crippen LogP contribution < -0.4 is 14.9 Å². The fourth-order valence-corrected chi connectivity index (χ4v) is 5.30. The molecule has 1 heterocycles. The van der Waals surface area contributed by atoms with Crippen LogP contribution in [-0.4, -0.2) is 21.0 Å². The minimum Gasteiger partial charge on any atom is -0.308 e. The molecule has 172 valence electrons. The summed E-state index contributed by atoms with van der Waals surface area (Å²) >= 11 is 0. The van der Waals surface area contributed by atoms with Gasteiger partial charge in [-0.2, -0.15) is 13.2 Å². The standard InChI is InChI=1S/C23H20F3N3O3S/c24-23(25,26)19-10-4-5-11-20(19)28-22(30)27-17-12-13-21-16(15-17)7-6-14-29(21)33(31,32)18-8-2-1-3-9-18/h1-5,8-13,15H,6-7,14H2,(H2,27,28,30). The predicted octanol–water partition coefficient (Wildman–Crippen LogP) is 5.49. The summed E-state index contributed by atoms with van der Waals surface area (Å²) in [5, 5.41) is 4.74. The van der Waals surface area contributed by atoms with Crippen LogP contribution in [0, 0.1) is 0 Å². The maximum Gasteiger partial charge on any atom is 0.418 e. The summed E-state index contributed by atoms with van der Waals surface area (Å²) in [5.41, 5.74) is 0.260. The summed E-state index contributed by atoms with van der Waals surface area (Å²) in [6.07, 6.45) is -3.42. The average molecular weight is 475 g/mol. The quantitative estimate of drug-likeness (QED) is 0.524. The van der Waals surface area contributed by atoms with Crippen LogP contribution in [0.3, 0.4) is 0 Å². The van der Waals surface area contributed by atoms with Crippen molar-refractivity contribution in [3.8, 4) is 0 Å². The van der Waals surface area contributed by atoms with E-state index in [2.05, 4.69) is 10.6 Å². The number of anilines is 3. The van der Waals surface area contributed by atoms with Gasteiger partial charge in [0.05, 0.1) is 21.8 Å². The van der Waals surface area contributed by atoms with E-state index in [1.807, 2.05) is 0 Å². The van der Waals surface area contributed by atoms with Crippen molar-refractivity contribution in [3.63, 3.8) is 0 Å². The maximum absolute atomic E-state index is 13.1. The molecule has 2 amide bonds. The van der Waals surface area contributed by atoms with Crippen LogP contribution in [0.5, 0.6) is 0 Å². The molecule has 0 aliphatic carbocycles. The second kappa shape index (κ2) is 8.78. The Morgan fingerprint density at radius 1 is 0.909 bits per heavy atom. The summed E-state index contributed by atoms with van der Waals surface area (Å²) in [4.78, 5) is 12.5. The Balaban J connectivity index is 1.54. The molecule has 2 N–H and O–H groups in total. The smallest absolute Gasteiger partial charge is 0.308 e. The van der Waals surface area contributed by atoms with Crippen LogP contribution in [-0.2, 0) is 22.6 Å². The number of aryl methyl sites for hydroxylation is 1. The van der Waals surface area contributed by atoms with Crippen molar-refractivity contribution in [2.24, 2.45) is 0 Å². The maximum atomic E-state index is 13.1. The minimum atomic E-state index is -4.61. The normalized spacial score (nSPS) is 13.8. The number of urea groups is 1. The number of hydrogen-bond donors (Lipinski definition) is 2. The van der Waals surface area contributed by atoms with Crippen LogP contribution >= 0.6 is 0 Å². The topological polar surface area (TPSA) is 78.5 Å². The molecule has 0 aromatic heterocycles. The number of fused-ring (bicyclic) bond motifs is 1. The van der Waals surface area contributed by atoms with Gasteiger partial charge in [0.25, 0.3) is 10.0 Å². The van der Waals surface area contributed by atoms with Gasteiger partial charge in [0, 0.05) is 12.2 Å². The second-order valence-electron chi connectivity index (χ2n) is 7.46. The van der Waals surface area contributed by atoms with Gasteiger partial charge >= 0.3 is 12.2 Å². The Morgan fingerprint density at radius 2 is 1.61 bits per heavy atom. The van der Waals surface area contributed by atoms with E-state index in [1.54, 1.807) is 30.3 Å². The Kier molecular flexibility index (Phi) is 6.03. The van der Waals surface area contributed by atoms with Crippen molar-refractivity contribution >= 4 is 33.1 Å². The van der Waals surface area contributed by atoms with Crippen LogP contribution in [0.15, 0.2) is 77.7 Å². The van der Waals surface area contributed by atoms with Gasteiger partial charge in [-0.15, -0.1) is 0 Å². The third-order valence-corrected chi connectivity index (χ3v) is 7.05. The number of nitrogens with zero attached hydrogens (tertiary/aromatic N) is 1. The fraction of sp³-hybridized carbons (Fsp3) is 0.174. The average Bonchev–Trinajstić information content (AvgIpc) is 2.78. The molecule has 0 saturated heterocycles. The molecule has 4 rings (SSSR count). The number of rotatable bonds is 4. The third kappa shape index (κ3) is 4.80. The molecule has 3 aromatic rings. The fourth-order valence-electron chi connectivity index (χ4n) is 3.73. The van der Waals surface area contributed by atoms with Crippen molar-refractivity contribution in [2.75, 3.05) is 21.5 Å². The zero-order valence-corrected chi connectivity index (χ0v) is 18.1. The molecule has 0 radical (unpaired) electrons. The molecule has 33 heavy (non-hydrogen) atoms. The number of carbonyl (C=O) groups is 1. The molecule has 1 aliphatic heterocycles. The molecule has 6 nitrogen and oxygen atoms in total. The van der Waals surface area contributed by atoms with Crippen LogP contribution in [0.2, 0.25) is 0 Å². The molecule has 0 atom stereocenters. The number of carbonyl (C=O) groups excluding carboxylic acids is 1. The van der Waals surface area contributed by atoms with Crippen LogP contribution in [0.4, 0.5) is 35.0 Å². The van der Waals surface area contributed by atoms with Gasteiger partial charge in [-0.1, -0.05) is 30.3 Å². The highest BCUT2D eigenvalue weighted by Gasteiger charge is 2.33. The van der Waals surface area contributed by atoms with E-state index in [1.165, 1.54) is 40.7 Å². The first-order chi connectivity index (χ1) is 15.7. The Hall–Kier alpha value is -3.53. The lowest BCUT2D eigenvalue weighted by molar-refractivity contribution is -0.136. The number of hydrogen-bond acceptors (Lipinski definition) is 3. The van der Waals surface area contributed by atoms with E-state index in [9.17, 15) is 26.4 Å². The molecule has 1 aliphatic rings. The van der Waals surface area contributed by atoms with Crippen molar-refractivity contribution in [1.29, 1.82) is 0 Å². The molecular weight excluding hydrogens is 455 g/mol. The number of sulfonamides is 1. The molecule has 0 spiro atoms. The van der Waals surface area contributed by atoms with Crippen molar-refractivity contribution in [1.82, 2.24) is 0 Å². The first-order valence-electron chi connectivity index (χ1n) is 10.1. The molecule has 10 heteroatoms. The zero-order chi connectivity index (χ0) is 23.6. The Labute approximate surface area is 189 Å². The number of alkyl halides is 3. The number of halogens is 3. The van der Waals surface area contributed by atoms with E-state index < -0.39 is 27.8 Å². The number of benzene rings is 3. The molecule has 3 aromatic carbocycles. The number of para-hydroxylation sites is 1. The molecule has 0 unspecified atom stereocenters. The van der Waals surface area contributed by atoms with Gasteiger partial charge in [0.15, 0.2) is 0 Å². The van der Waals surface area contributed by atoms with Crippen molar-refractivity contribution in [3.05, 3.63) is 83.9 Å². The highest BCUT2D eigenvalue weighted by atomic mass is 32.2. The van der Waals surface area contributed by atoms with Gasteiger partial charge < -0.3 is 10.6 Å². The highest BCUT2D eigenvalue weighted by molar-refractivity contribution is 7.92. The lowest BCUT2D eigenvalue weighted by Gasteiger charge is -2.31. The van der Waals surface area contributed by atoms with Gasteiger partial charge in [-0.3, -0.25) is 4.31 Å². The molecule has 0 fully saturated rings. The van der Waals surface area contributed by atoms with E-state index in [-0.39, 0.29) is 10.6 Å². The summed E-state index contributed by atoms with van der Waals surface area (Å²) in [6.45, 7) is 0.325. The first kappa shape index (κ1) is 22.7. The van der Waals surface area contributed by atoms with Gasteiger partial charge in [0.2, 0.25) is 0 Å². The summed E-state index contributed by atoms with van der Waals surface area (Å²) in [5.74, 6) is 0. The monoisotopic (exact) mass is 475 g/mol. The summed E-state index contributed by atoms with van der Waals surface area (Å²) in [6, 6.07) is 16.7. The Bertz CT molecular complexity index is 1280. The molecule has 0 saturated carbocycles. The SMILES string of the molecule is O=C(Nc1ccc2c(c1)CCCN2S(=O)(=O)c1ccccc1)Nc1ccccc1C(F)(F)F. The van der Waals surface area contributed by atoms with Gasteiger partial charge in [0.1, 0.15) is 0 Å². The van der Waals surface area contributed by atoms with E-state index >= 15 is 0 Å². The minimum absolute atomic E-state index is 0.183. The van der Waals surface area contributed by atoms with Crippen molar-refractivity contribution in [2.45, 2.75) is 23.9 Å². The number of nitrogens with one attached hydrogen (secondary N) is 2. The highest BCUT2D eigenvalue weighted by Crippen LogP contribution is 2.35. The van der Waals surface area contributed by atoms with E-state index in [0.717, 1.165) is 6.07 Å². The number of amides is 2. The summed E-state index contributed by atoms with van der Waals surface area (Å²) < 4.78 is 66.9. The van der Waals surface area contributed by atoms with E-state index in [0.29, 0.717) is 36.3 Å². The largest absolute Gasteiger partial charge is 0.418 e. The van der Waals surface area contributed by atoms with E-state index in [4.69, 9.17) is 0 Å². The van der Waals surface area contributed by atoms with Crippen LogP contribution in [0.25, 0.3) is 0 Å². The lowest BCUT2D eigenvalue weighted by atomic mass is 10.0. The van der Waals surface area contributed by atoms with Gasteiger partial charge in [-0.05, 0) is 60.9 Å². The van der Waals surface area contributed by atoms with Crippen molar-refractivity contribution < 1.29 is 26.4 Å². The Morgan fingerprint density at radius 3 is 2.33 bits per heavy atom. The first-order valence-corrected chi connectivity index (χ1v) is 11.6. The molecular formula is C23H20F3N3O3S. The predicted molar refractivity (Wildman–Crippen MR) is 120 cm³/mol. The van der Waals surface area contributed by atoms with Crippen LogP contribution in [0.1, 0.15) is 17.5 Å². The zero-order valence-electron chi connectivity index (χ0n) is 17.3. The third-order valence-electron chi connectivity index (χ3n) is 5.23. The lowest BCUT2D eigenvalue weighted by Crippen LogP contribution is -2.35. The molecule has 0 bridgehead atoms. The second-order valence-corrected chi connectivity index (χ2v) is 9.32. The summed E-state index contributed by atoms with van der Waals surface area (Å²) in [7, 11) is -3.74.